The highest BCUT2D eigenvalue weighted by Crippen LogP contribution is 2.17. The standard InChI is InChI=1S/C18H26N6O4/c1-22(2)7-5-6-19-16(25)14-8-12(10-23(14)3)20-17(26)15-9-13(11-24(15)4)21-18(27)28/h8-11,21H,5-7H2,1-4H3,(H,19,25)(H,20,26)(H,27,28). The maximum absolute atomic E-state index is 12.5. The minimum Gasteiger partial charge on any atom is -0.465 e. The summed E-state index contributed by atoms with van der Waals surface area (Å²) in [5.74, 6) is -0.627. The summed E-state index contributed by atoms with van der Waals surface area (Å²) in [6, 6.07) is 3.03. The second-order valence-corrected chi connectivity index (χ2v) is 6.75. The van der Waals surface area contributed by atoms with Crippen LogP contribution in [0.15, 0.2) is 24.5 Å². The summed E-state index contributed by atoms with van der Waals surface area (Å²) in [6.45, 7) is 1.44. The van der Waals surface area contributed by atoms with Gasteiger partial charge >= 0.3 is 6.09 Å². The highest BCUT2D eigenvalue weighted by Gasteiger charge is 2.16. The van der Waals surface area contributed by atoms with Crippen LogP contribution in [0.5, 0.6) is 0 Å². The molecule has 10 nitrogen and oxygen atoms in total. The van der Waals surface area contributed by atoms with E-state index in [1.54, 1.807) is 30.9 Å². The smallest absolute Gasteiger partial charge is 0.409 e. The number of nitrogens with one attached hydrogen (secondary N) is 3. The van der Waals surface area contributed by atoms with E-state index in [1.165, 1.54) is 16.8 Å². The molecule has 0 fully saturated rings. The molecule has 0 aliphatic rings. The molecule has 0 spiro atoms. The second-order valence-electron chi connectivity index (χ2n) is 6.75. The van der Waals surface area contributed by atoms with Crippen LogP contribution in [-0.4, -0.2) is 64.2 Å². The maximum Gasteiger partial charge on any atom is 0.409 e. The first-order valence-corrected chi connectivity index (χ1v) is 8.74. The molecule has 0 bridgehead atoms. The Kier molecular flexibility index (Phi) is 6.83. The summed E-state index contributed by atoms with van der Waals surface area (Å²) in [6.07, 6.45) is 2.78. The van der Waals surface area contributed by atoms with Crippen LogP contribution in [-0.2, 0) is 14.1 Å². The van der Waals surface area contributed by atoms with Crippen LogP contribution in [0, 0.1) is 0 Å². The molecular formula is C18H26N6O4. The van der Waals surface area contributed by atoms with Gasteiger partial charge in [-0.05, 0) is 39.2 Å². The van der Waals surface area contributed by atoms with Crippen molar-refractivity contribution in [1.82, 2.24) is 19.4 Å². The molecule has 28 heavy (non-hydrogen) atoms. The minimum atomic E-state index is -1.21. The summed E-state index contributed by atoms with van der Waals surface area (Å²) in [4.78, 5) is 37.6. The van der Waals surface area contributed by atoms with Crippen LogP contribution >= 0.6 is 0 Å². The molecule has 0 aliphatic carbocycles. The molecule has 0 unspecified atom stereocenters. The largest absolute Gasteiger partial charge is 0.465 e. The van der Waals surface area contributed by atoms with Gasteiger partial charge in [0.1, 0.15) is 11.4 Å². The summed E-state index contributed by atoms with van der Waals surface area (Å²) < 4.78 is 3.15. The van der Waals surface area contributed by atoms with Crippen molar-refractivity contribution >= 4 is 29.3 Å². The summed E-state index contributed by atoms with van der Waals surface area (Å²) in [5.41, 5.74) is 1.48. The van der Waals surface area contributed by atoms with E-state index in [-0.39, 0.29) is 11.6 Å². The number of rotatable bonds is 8. The van der Waals surface area contributed by atoms with Gasteiger partial charge in [0, 0.05) is 33.0 Å². The van der Waals surface area contributed by atoms with Crippen LogP contribution < -0.4 is 16.0 Å². The van der Waals surface area contributed by atoms with Crippen molar-refractivity contribution in [2.75, 3.05) is 37.8 Å². The Balaban J connectivity index is 2.01. The first kappa shape index (κ1) is 21.0. The van der Waals surface area contributed by atoms with Gasteiger partial charge in [0.2, 0.25) is 0 Å². The maximum atomic E-state index is 12.5. The lowest BCUT2D eigenvalue weighted by atomic mass is 10.3. The van der Waals surface area contributed by atoms with E-state index in [2.05, 4.69) is 16.0 Å². The van der Waals surface area contributed by atoms with Crippen LogP contribution in [0.3, 0.4) is 0 Å². The number of carboxylic acid groups (broad SMARTS) is 1. The quantitative estimate of drug-likeness (QED) is 0.508. The van der Waals surface area contributed by atoms with Crippen molar-refractivity contribution in [2.24, 2.45) is 14.1 Å². The van der Waals surface area contributed by atoms with Gasteiger partial charge in [0.15, 0.2) is 0 Å². The predicted molar refractivity (Wildman–Crippen MR) is 106 cm³/mol. The van der Waals surface area contributed by atoms with E-state index < -0.39 is 12.0 Å². The summed E-state index contributed by atoms with van der Waals surface area (Å²) in [7, 11) is 7.31. The number of hydrogen-bond donors (Lipinski definition) is 4. The van der Waals surface area contributed by atoms with Gasteiger partial charge in [-0.3, -0.25) is 14.9 Å². The van der Waals surface area contributed by atoms with Crippen molar-refractivity contribution < 1.29 is 19.5 Å². The molecule has 3 amide bonds. The Morgan fingerprint density at radius 2 is 1.50 bits per heavy atom. The summed E-state index contributed by atoms with van der Waals surface area (Å²) >= 11 is 0. The van der Waals surface area contributed by atoms with Gasteiger partial charge < -0.3 is 29.8 Å². The molecule has 2 heterocycles. The number of nitrogens with zero attached hydrogens (tertiary/aromatic N) is 3. The van der Waals surface area contributed by atoms with Crippen molar-refractivity contribution in [1.29, 1.82) is 0 Å². The SMILES string of the molecule is CN(C)CCCNC(=O)c1cc(NC(=O)c2cc(NC(=O)O)cn2C)cn1C. The van der Waals surface area contributed by atoms with Crippen LogP contribution in [0.1, 0.15) is 27.4 Å². The van der Waals surface area contributed by atoms with E-state index in [4.69, 9.17) is 5.11 Å². The Morgan fingerprint density at radius 1 is 0.964 bits per heavy atom. The predicted octanol–water partition coefficient (Wildman–Crippen LogP) is 1.39. The number of amides is 3. The third kappa shape index (κ3) is 5.61. The fourth-order valence-electron chi connectivity index (χ4n) is 2.72. The zero-order chi connectivity index (χ0) is 20.8. The van der Waals surface area contributed by atoms with Crippen LogP contribution in [0.2, 0.25) is 0 Å². The van der Waals surface area contributed by atoms with Crippen molar-refractivity contribution in [3.8, 4) is 0 Å². The van der Waals surface area contributed by atoms with E-state index in [9.17, 15) is 14.4 Å². The van der Waals surface area contributed by atoms with Crippen LogP contribution in [0.4, 0.5) is 16.2 Å². The number of aromatic nitrogens is 2. The van der Waals surface area contributed by atoms with E-state index in [0.717, 1.165) is 13.0 Å². The lowest BCUT2D eigenvalue weighted by Gasteiger charge is -2.10. The Labute approximate surface area is 163 Å². The molecular weight excluding hydrogens is 364 g/mol. The molecule has 10 heteroatoms. The molecule has 0 atom stereocenters. The van der Waals surface area contributed by atoms with Gasteiger partial charge in [-0.15, -0.1) is 0 Å². The number of hydrogen-bond acceptors (Lipinski definition) is 4. The van der Waals surface area contributed by atoms with E-state index in [0.29, 0.717) is 23.6 Å². The molecule has 152 valence electrons. The van der Waals surface area contributed by atoms with Gasteiger partial charge in [0.25, 0.3) is 11.8 Å². The normalized spacial score (nSPS) is 10.8. The minimum absolute atomic E-state index is 0.214. The average Bonchev–Trinajstić information content (AvgIpc) is 3.13. The second kappa shape index (κ2) is 9.09. The van der Waals surface area contributed by atoms with Gasteiger partial charge in [-0.2, -0.15) is 0 Å². The number of carbonyl (C=O) groups excluding carboxylic acids is 2. The molecule has 2 rings (SSSR count). The fourth-order valence-corrected chi connectivity index (χ4v) is 2.72. The topological polar surface area (TPSA) is 121 Å². The number of carbonyl (C=O) groups is 3. The number of aryl methyl sites for hydroxylation is 2. The van der Waals surface area contributed by atoms with E-state index in [1.807, 2.05) is 19.0 Å². The molecule has 0 saturated heterocycles. The molecule has 4 N–H and O–H groups in total. The molecule has 0 aliphatic heterocycles. The highest BCUT2D eigenvalue weighted by atomic mass is 16.4. The van der Waals surface area contributed by atoms with Gasteiger partial charge in [0.05, 0.1) is 11.4 Å². The molecule has 0 radical (unpaired) electrons. The van der Waals surface area contributed by atoms with E-state index >= 15 is 0 Å². The molecule has 2 aromatic rings. The molecule has 0 saturated carbocycles. The highest BCUT2D eigenvalue weighted by molar-refractivity contribution is 6.05. The van der Waals surface area contributed by atoms with Gasteiger partial charge in [-0.1, -0.05) is 0 Å². The monoisotopic (exact) mass is 390 g/mol. The van der Waals surface area contributed by atoms with Crippen molar-refractivity contribution in [3.63, 3.8) is 0 Å². The lowest BCUT2D eigenvalue weighted by molar-refractivity contribution is 0.0943. The van der Waals surface area contributed by atoms with Gasteiger partial charge in [-0.25, -0.2) is 4.79 Å². The first-order valence-electron chi connectivity index (χ1n) is 8.74. The Morgan fingerprint density at radius 3 is 2.04 bits per heavy atom. The molecule has 0 aromatic carbocycles. The van der Waals surface area contributed by atoms with Crippen molar-refractivity contribution in [3.05, 3.63) is 35.9 Å². The molecule has 2 aromatic heterocycles. The third-order valence-corrected chi connectivity index (χ3v) is 4.05. The first-order chi connectivity index (χ1) is 13.2. The zero-order valence-electron chi connectivity index (χ0n) is 16.4. The summed E-state index contributed by atoms with van der Waals surface area (Å²) in [5, 5.41) is 16.5. The average molecular weight is 390 g/mol. The Bertz CT molecular complexity index is 868. The van der Waals surface area contributed by atoms with Crippen LogP contribution in [0.25, 0.3) is 0 Å². The zero-order valence-corrected chi connectivity index (χ0v) is 16.4. The van der Waals surface area contributed by atoms with Crippen molar-refractivity contribution in [2.45, 2.75) is 6.42 Å². The lowest BCUT2D eigenvalue weighted by Crippen LogP contribution is -2.28. The third-order valence-electron chi connectivity index (χ3n) is 4.05. The number of anilines is 2. The Hall–Kier alpha value is -3.27. The fraction of sp³-hybridized carbons (Fsp3) is 0.389.